The van der Waals surface area contributed by atoms with Crippen LogP contribution in [0.2, 0.25) is 0 Å². The average Bonchev–Trinajstić information content (AvgIpc) is 2.57. The molecule has 0 radical (unpaired) electrons. The molecule has 0 aromatic carbocycles. The quantitative estimate of drug-likeness (QED) is 0.436. The molecule has 4 fully saturated rings. The van der Waals surface area contributed by atoms with Crippen LogP contribution in [0.1, 0.15) is 98.8 Å². The highest BCUT2D eigenvalue weighted by Gasteiger charge is 2.53. The third kappa shape index (κ3) is 3.09. The molecular weight excluding hydrogens is 288 g/mol. The van der Waals surface area contributed by atoms with Crippen LogP contribution in [0.3, 0.4) is 0 Å². The molecule has 0 saturated heterocycles. The van der Waals surface area contributed by atoms with E-state index >= 15 is 0 Å². The Balaban J connectivity index is 1.77. The Morgan fingerprint density at radius 1 is 0.583 bits per heavy atom. The maximum atomic E-state index is 2.63. The zero-order valence-electron chi connectivity index (χ0n) is 17.1. The number of hydrogen-bond acceptors (Lipinski definition) is 0. The van der Waals surface area contributed by atoms with E-state index in [9.17, 15) is 0 Å². The van der Waals surface area contributed by atoms with Crippen molar-refractivity contribution in [1.29, 1.82) is 0 Å². The Labute approximate surface area is 151 Å². The van der Waals surface area contributed by atoms with Gasteiger partial charge in [0.2, 0.25) is 0 Å². The molecule has 24 heavy (non-hydrogen) atoms. The van der Waals surface area contributed by atoms with Crippen LogP contribution in [-0.4, -0.2) is 0 Å². The van der Waals surface area contributed by atoms with E-state index in [1.54, 1.807) is 25.7 Å². The molecule has 4 rings (SSSR count). The largest absolute Gasteiger partial charge is 0.0622 e. The van der Waals surface area contributed by atoms with Gasteiger partial charge in [-0.05, 0) is 84.4 Å². The lowest BCUT2D eigenvalue weighted by Crippen LogP contribution is -2.47. The molecule has 7 atom stereocenters. The van der Waals surface area contributed by atoms with Crippen LogP contribution in [0.25, 0.3) is 0 Å². The van der Waals surface area contributed by atoms with Crippen LogP contribution in [0.15, 0.2) is 0 Å². The lowest BCUT2D eigenvalue weighted by Gasteiger charge is -2.54. The minimum Gasteiger partial charge on any atom is -0.0622 e. The first-order valence-corrected chi connectivity index (χ1v) is 11.3. The molecule has 138 valence electrons. The monoisotopic (exact) mass is 330 g/mol. The summed E-state index contributed by atoms with van der Waals surface area (Å²) in [5, 5.41) is 0. The van der Waals surface area contributed by atoms with Crippen LogP contribution in [0, 0.1) is 52.3 Å². The van der Waals surface area contributed by atoms with Gasteiger partial charge in [-0.1, -0.05) is 66.7 Å². The van der Waals surface area contributed by atoms with E-state index in [2.05, 4.69) is 34.6 Å². The second-order valence-electron chi connectivity index (χ2n) is 12.1. The topological polar surface area (TPSA) is 0 Å². The molecule has 0 heteroatoms. The number of hydrogen-bond donors (Lipinski definition) is 0. The summed E-state index contributed by atoms with van der Waals surface area (Å²) in [4.78, 5) is 0. The van der Waals surface area contributed by atoms with Crippen molar-refractivity contribution in [2.75, 3.05) is 0 Å². The van der Waals surface area contributed by atoms with Crippen molar-refractivity contribution in [3.05, 3.63) is 0 Å². The fourth-order valence-electron chi connectivity index (χ4n) is 8.69. The smallest absolute Gasteiger partial charge is 0.0321 e. The van der Waals surface area contributed by atoms with Gasteiger partial charge in [0.25, 0.3) is 0 Å². The van der Waals surface area contributed by atoms with Crippen molar-refractivity contribution < 1.29 is 0 Å². The second-order valence-corrected chi connectivity index (χ2v) is 12.1. The minimum absolute atomic E-state index is 0.575. The second kappa shape index (κ2) is 6.02. The summed E-state index contributed by atoms with van der Waals surface area (Å²) < 4.78 is 0. The molecule has 0 amide bonds. The predicted molar refractivity (Wildman–Crippen MR) is 104 cm³/mol. The molecule has 0 aromatic rings. The van der Waals surface area contributed by atoms with Crippen LogP contribution in [-0.2, 0) is 0 Å². The summed E-state index contributed by atoms with van der Waals surface area (Å²) in [7, 11) is 0. The van der Waals surface area contributed by atoms with Crippen molar-refractivity contribution >= 4 is 0 Å². The molecule has 0 aliphatic heterocycles. The molecular formula is C24H42. The van der Waals surface area contributed by atoms with Crippen molar-refractivity contribution in [3.8, 4) is 0 Å². The van der Waals surface area contributed by atoms with E-state index in [1.807, 2.05) is 0 Å². The van der Waals surface area contributed by atoms with Gasteiger partial charge in [0.05, 0.1) is 0 Å². The fraction of sp³-hybridized carbons (Fsp3) is 1.00. The molecule has 0 nitrogen and oxygen atoms in total. The summed E-state index contributed by atoms with van der Waals surface area (Å²) in [6.45, 7) is 13.0. The molecule has 0 heterocycles. The van der Waals surface area contributed by atoms with E-state index in [0.29, 0.717) is 10.8 Å². The summed E-state index contributed by atoms with van der Waals surface area (Å²) >= 11 is 0. The van der Waals surface area contributed by atoms with Crippen LogP contribution in [0.5, 0.6) is 0 Å². The van der Waals surface area contributed by atoms with E-state index in [4.69, 9.17) is 0 Å². The van der Waals surface area contributed by atoms with E-state index in [0.717, 1.165) is 41.4 Å². The zero-order valence-corrected chi connectivity index (χ0v) is 17.1. The Hall–Kier alpha value is 0. The lowest BCUT2D eigenvalue weighted by molar-refractivity contribution is -0.0509. The molecule has 4 aliphatic carbocycles. The Kier molecular flexibility index (Phi) is 4.37. The van der Waals surface area contributed by atoms with Crippen LogP contribution < -0.4 is 0 Å². The summed E-state index contributed by atoms with van der Waals surface area (Å²) in [5.41, 5.74) is 1.17. The maximum absolute atomic E-state index is 2.63. The van der Waals surface area contributed by atoms with Gasteiger partial charge < -0.3 is 0 Å². The van der Waals surface area contributed by atoms with Crippen LogP contribution >= 0.6 is 0 Å². The van der Waals surface area contributed by atoms with Gasteiger partial charge >= 0.3 is 0 Å². The first kappa shape index (κ1) is 17.4. The highest BCUT2D eigenvalue weighted by atomic mass is 14.6. The fourth-order valence-corrected chi connectivity index (χ4v) is 8.69. The van der Waals surface area contributed by atoms with E-state index in [-0.39, 0.29) is 0 Å². The van der Waals surface area contributed by atoms with Crippen molar-refractivity contribution in [2.24, 2.45) is 52.3 Å². The Morgan fingerprint density at radius 2 is 1.04 bits per heavy atom. The van der Waals surface area contributed by atoms with Crippen LogP contribution in [0.4, 0.5) is 0 Å². The number of rotatable bonds is 0. The molecule has 0 spiro atoms. The maximum Gasteiger partial charge on any atom is -0.0321 e. The van der Waals surface area contributed by atoms with Gasteiger partial charge in [-0.15, -0.1) is 0 Å². The summed E-state index contributed by atoms with van der Waals surface area (Å²) in [6.07, 6.45) is 15.3. The molecule has 0 N–H and O–H groups in total. The van der Waals surface area contributed by atoms with Gasteiger partial charge in [0.1, 0.15) is 0 Å². The molecule has 4 saturated carbocycles. The average molecular weight is 331 g/mol. The first-order valence-electron chi connectivity index (χ1n) is 11.3. The molecule has 7 unspecified atom stereocenters. The molecule has 4 aliphatic rings. The molecule has 0 aromatic heterocycles. The lowest BCUT2D eigenvalue weighted by atomic mass is 9.51. The third-order valence-corrected chi connectivity index (χ3v) is 8.88. The normalized spacial score (nSPS) is 50.1. The van der Waals surface area contributed by atoms with Gasteiger partial charge in [0.15, 0.2) is 0 Å². The highest BCUT2D eigenvalue weighted by molar-refractivity contribution is 5.02. The van der Waals surface area contributed by atoms with Gasteiger partial charge in [0, 0.05) is 0 Å². The van der Waals surface area contributed by atoms with Gasteiger partial charge in [-0.25, -0.2) is 0 Å². The van der Waals surface area contributed by atoms with Crippen molar-refractivity contribution in [3.63, 3.8) is 0 Å². The van der Waals surface area contributed by atoms with E-state index in [1.165, 1.54) is 38.5 Å². The van der Waals surface area contributed by atoms with Gasteiger partial charge in [-0.3, -0.25) is 0 Å². The Morgan fingerprint density at radius 3 is 1.62 bits per heavy atom. The van der Waals surface area contributed by atoms with Gasteiger partial charge in [-0.2, -0.15) is 0 Å². The molecule has 0 bridgehead atoms. The van der Waals surface area contributed by atoms with Crippen molar-refractivity contribution in [1.82, 2.24) is 0 Å². The van der Waals surface area contributed by atoms with Crippen molar-refractivity contribution in [2.45, 2.75) is 98.8 Å². The highest BCUT2D eigenvalue weighted by Crippen LogP contribution is 2.61. The summed E-state index contributed by atoms with van der Waals surface area (Å²) in [5.74, 6) is 7.32. The van der Waals surface area contributed by atoms with E-state index < -0.39 is 0 Å². The first-order chi connectivity index (χ1) is 11.3. The zero-order chi connectivity index (χ0) is 17.1. The summed E-state index contributed by atoms with van der Waals surface area (Å²) in [6, 6.07) is 0. The minimum atomic E-state index is 0.575. The third-order valence-electron chi connectivity index (χ3n) is 8.88. The SMILES string of the molecule is CC1CC(C)(C)CC2CCCC3CC(C)(C)CC4CCCC1C4C23. The predicted octanol–water partition coefficient (Wildman–Crippen LogP) is 7.33. The standard InChI is InChI=1S/C24H42/c1-16-12-23(2,3)13-17-8-6-9-18-14-24(4,5)15-19-10-7-11-20(16)22(19)21(17)18/h16-22H,6-15H2,1-5H3. The Bertz CT molecular complexity index is 457.